The van der Waals surface area contributed by atoms with Crippen molar-refractivity contribution in [3.8, 4) is 11.8 Å². The summed E-state index contributed by atoms with van der Waals surface area (Å²) in [5, 5.41) is 12.7. The quantitative estimate of drug-likeness (QED) is 0.864. The molecule has 0 radical (unpaired) electrons. The minimum Gasteiger partial charge on any atom is -0.492 e. The van der Waals surface area contributed by atoms with Crippen molar-refractivity contribution in [2.24, 2.45) is 0 Å². The van der Waals surface area contributed by atoms with Crippen LogP contribution in [0.1, 0.15) is 53.5 Å². The predicted molar refractivity (Wildman–Crippen MR) is 106 cm³/mol. The topological polar surface area (TPSA) is 45.0 Å². The van der Waals surface area contributed by atoms with Gasteiger partial charge >= 0.3 is 0 Å². The van der Waals surface area contributed by atoms with Gasteiger partial charge in [0, 0.05) is 12.1 Å². The van der Waals surface area contributed by atoms with Crippen molar-refractivity contribution in [1.82, 2.24) is 5.32 Å². The van der Waals surface area contributed by atoms with E-state index in [1.807, 2.05) is 12.1 Å². The number of piperidine rings is 1. The van der Waals surface area contributed by atoms with Crippen molar-refractivity contribution >= 4 is 0 Å². The summed E-state index contributed by atoms with van der Waals surface area (Å²) in [6.07, 6.45) is 2.17. The molecule has 136 valence electrons. The van der Waals surface area contributed by atoms with E-state index >= 15 is 0 Å². The molecule has 0 aromatic heterocycles. The van der Waals surface area contributed by atoms with E-state index in [0.29, 0.717) is 24.6 Å². The highest BCUT2D eigenvalue weighted by Gasteiger charge is 2.27. The second-order valence-corrected chi connectivity index (χ2v) is 7.66. The number of nitriles is 1. The standard InChI is InChI=1S/C23H28N2O/c1-15-9-23(10-16(2)18(15)4)26-14-22-12-21(11-17(3)25-22)20-7-5-19(13-24)6-8-20/h5-10,17,21-22,25H,11-12,14H2,1-4H3/t17-,21+,22-/m0/s1. The molecule has 0 unspecified atom stereocenters. The number of hydrogen-bond donors (Lipinski definition) is 1. The molecule has 1 N–H and O–H groups in total. The fourth-order valence-corrected chi connectivity index (χ4v) is 3.90. The molecule has 0 amide bonds. The second-order valence-electron chi connectivity index (χ2n) is 7.66. The molecular weight excluding hydrogens is 320 g/mol. The van der Waals surface area contributed by atoms with Gasteiger partial charge in [0.1, 0.15) is 12.4 Å². The number of nitrogens with zero attached hydrogens (tertiary/aromatic N) is 1. The molecular formula is C23H28N2O. The van der Waals surface area contributed by atoms with Crippen LogP contribution >= 0.6 is 0 Å². The molecule has 1 heterocycles. The zero-order valence-electron chi connectivity index (χ0n) is 16.2. The average Bonchev–Trinajstić information content (AvgIpc) is 2.64. The van der Waals surface area contributed by atoms with Crippen LogP contribution in [0.4, 0.5) is 0 Å². The van der Waals surface area contributed by atoms with E-state index in [1.54, 1.807) is 0 Å². The molecule has 1 fully saturated rings. The Morgan fingerprint density at radius 2 is 1.73 bits per heavy atom. The zero-order chi connectivity index (χ0) is 18.7. The van der Waals surface area contributed by atoms with Crippen molar-refractivity contribution in [2.45, 2.75) is 58.5 Å². The first-order valence-corrected chi connectivity index (χ1v) is 9.43. The van der Waals surface area contributed by atoms with Crippen LogP contribution in [0.5, 0.6) is 5.75 Å². The molecule has 1 saturated heterocycles. The fourth-order valence-electron chi connectivity index (χ4n) is 3.90. The molecule has 2 aromatic carbocycles. The van der Waals surface area contributed by atoms with Crippen LogP contribution in [0, 0.1) is 32.1 Å². The van der Waals surface area contributed by atoms with E-state index in [9.17, 15) is 0 Å². The van der Waals surface area contributed by atoms with Crippen LogP contribution in [-0.4, -0.2) is 18.7 Å². The van der Waals surface area contributed by atoms with E-state index in [1.165, 1.54) is 22.3 Å². The molecule has 0 saturated carbocycles. The van der Waals surface area contributed by atoms with Crippen LogP contribution in [0.3, 0.4) is 0 Å². The Balaban J connectivity index is 1.65. The first kappa shape index (κ1) is 18.5. The molecule has 3 heteroatoms. The van der Waals surface area contributed by atoms with Gasteiger partial charge in [-0.05, 0) is 93.0 Å². The number of rotatable bonds is 4. The van der Waals surface area contributed by atoms with E-state index < -0.39 is 0 Å². The van der Waals surface area contributed by atoms with Gasteiger partial charge in [-0.15, -0.1) is 0 Å². The highest BCUT2D eigenvalue weighted by atomic mass is 16.5. The lowest BCUT2D eigenvalue weighted by Crippen LogP contribution is -2.46. The number of hydrogen-bond acceptors (Lipinski definition) is 3. The Kier molecular flexibility index (Phi) is 5.64. The lowest BCUT2D eigenvalue weighted by atomic mass is 9.83. The normalized spacial score (nSPS) is 22.7. The third-order valence-corrected chi connectivity index (χ3v) is 5.59. The third-order valence-electron chi connectivity index (χ3n) is 5.59. The Morgan fingerprint density at radius 1 is 1.08 bits per heavy atom. The first-order valence-electron chi connectivity index (χ1n) is 9.43. The van der Waals surface area contributed by atoms with Crippen molar-refractivity contribution in [1.29, 1.82) is 5.26 Å². The van der Waals surface area contributed by atoms with Gasteiger partial charge in [0.05, 0.1) is 11.6 Å². The molecule has 3 nitrogen and oxygen atoms in total. The van der Waals surface area contributed by atoms with Crippen LogP contribution < -0.4 is 10.1 Å². The van der Waals surface area contributed by atoms with Gasteiger partial charge in [0.2, 0.25) is 0 Å². The van der Waals surface area contributed by atoms with Crippen molar-refractivity contribution in [2.75, 3.05) is 6.61 Å². The molecule has 1 aliphatic rings. The van der Waals surface area contributed by atoms with Crippen LogP contribution in [0.25, 0.3) is 0 Å². The number of benzene rings is 2. The van der Waals surface area contributed by atoms with Crippen LogP contribution in [-0.2, 0) is 0 Å². The molecule has 0 spiro atoms. The fraction of sp³-hybridized carbons (Fsp3) is 0.435. The Morgan fingerprint density at radius 3 is 2.35 bits per heavy atom. The summed E-state index contributed by atoms with van der Waals surface area (Å²) in [5.41, 5.74) is 5.94. The molecule has 26 heavy (non-hydrogen) atoms. The summed E-state index contributed by atoms with van der Waals surface area (Å²) in [6, 6.07) is 15.3. The SMILES string of the molecule is Cc1cc(OC[C@@H]2C[C@H](c3ccc(C#N)cc3)C[C@H](C)N2)cc(C)c1C. The molecule has 3 atom stereocenters. The summed E-state index contributed by atoms with van der Waals surface area (Å²) in [7, 11) is 0. The lowest BCUT2D eigenvalue weighted by Gasteiger charge is -2.35. The largest absolute Gasteiger partial charge is 0.492 e. The van der Waals surface area contributed by atoms with Gasteiger partial charge in [-0.25, -0.2) is 0 Å². The average molecular weight is 348 g/mol. The van der Waals surface area contributed by atoms with Gasteiger partial charge in [0.25, 0.3) is 0 Å². The van der Waals surface area contributed by atoms with Crippen molar-refractivity contribution < 1.29 is 4.74 Å². The van der Waals surface area contributed by atoms with E-state index in [-0.39, 0.29) is 0 Å². The molecule has 3 rings (SSSR count). The molecule has 0 bridgehead atoms. The van der Waals surface area contributed by atoms with Gasteiger partial charge in [0.15, 0.2) is 0 Å². The highest BCUT2D eigenvalue weighted by Crippen LogP contribution is 2.31. The molecule has 1 aliphatic heterocycles. The zero-order valence-corrected chi connectivity index (χ0v) is 16.2. The van der Waals surface area contributed by atoms with E-state index in [2.05, 4.69) is 63.3 Å². The number of ether oxygens (including phenoxy) is 1. The van der Waals surface area contributed by atoms with Crippen LogP contribution in [0.15, 0.2) is 36.4 Å². The van der Waals surface area contributed by atoms with Gasteiger partial charge < -0.3 is 10.1 Å². The maximum absolute atomic E-state index is 8.98. The summed E-state index contributed by atoms with van der Waals surface area (Å²) >= 11 is 0. The smallest absolute Gasteiger partial charge is 0.119 e. The maximum atomic E-state index is 8.98. The molecule has 0 aliphatic carbocycles. The van der Waals surface area contributed by atoms with Gasteiger partial charge in [-0.3, -0.25) is 0 Å². The minimum absolute atomic E-state index is 0.335. The lowest BCUT2D eigenvalue weighted by molar-refractivity contribution is 0.206. The summed E-state index contributed by atoms with van der Waals surface area (Å²) in [6.45, 7) is 9.34. The maximum Gasteiger partial charge on any atom is 0.119 e. The van der Waals surface area contributed by atoms with Gasteiger partial charge in [-0.1, -0.05) is 12.1 Å². The summed E-state index contributed by atoms with van der Waals surface area (Å²) < 4.78 is 6.13. The third kappa shape index (κ3) is 4.26. The summed E-state index contributed by atoms with van der Waals surface area (Å²) in [4.78, 5) is 0. The second kappa shape index (κ2) is 7.93. The predicted octanol–water partition coefficient (Wildman–Crippen LogP) is 4.79. The summed E-state index contributed by atoms with van der Waals surface area (Å²) in [5.74, 6) is 1.47. The monoisotopic (exact) mass is 348 g/mol. The first-order chi connectivity index (χ1) is 12.5. The van der Waals surface area contributed by atoms with Crippen molar-refractivity contribution in [3.63, 3.8) is 0 Å². The minimum atomic E-state index is 0.335. The van der Waals surface area contributed by atoms with Crippen molar-refractivity contribution in [3.05, 3.63) is 64.2 Å². The molecule has 2 aromatic rings. The van der Waals surface area contributed by atoms with E-state index in [4.69, 9.17) is 10.00 Å². The Bertz CT molecular complexity index is 781. The Hall–Kier alpha value is -2.31. The van der Waals surface area contributed by atoms with Crippen LogP contribution in [0.2, 0.25) is 0 Å². The Labute approximate surface area is 157 Å². The van der Waals surface area contributed by atoms with Gasteiger partial charge in [-0.2, -0.15) is 5.26 Å². The highest BCUT2D eigenvalue weighted by molar-refractivity contribution is 5.40. The van der Waals surface area contributed by atoms with E-state index in [0.717, 1.165) is 24.2 Å². The number of aryl methyl sites for hydroxylation is 2. The number of nitrogens with one attached hydrogen (secondary N) is 1.